The molecule has 88 valence electrons. The van der Waals surface area contributed by atoms with Crippen LogP contribution in [0, 0.1) is 0 Å². The molecule has 0 aromatic heterocycles. The van der Waals surface area contributed by atoms with Crippen LogP contribution >= 0.6 is 15.9 Å². The predicted octanol–water partition coefficient (Wildman–Crippen LogP) is 1.53. The Hall–Kier alpha value is -1.07. The van der Waals surface area contributed by atoms with Crippen LogP contribution in [0.2, 0.25) is 0 Å². The molecule has 0 heterocycles. The molecule has 0 fully saturated rings. The second kappa shape index (κ2) is 6.50. The molecule has 16 heavy (non-hydrogen) atoms. The minimum atomic E-state index is -0.184. The molecule has 0 atom stereocenters. The Morgan fingerprint density at radius 2 is 2.19 bits per heavy atom. The number of hydrogen-bond donors (Lipinski definition) is 3. The number of nitrogen functional groups attached to an aromatic ring is 1. The third-order valence-corrected chi connectivity index (χ3v) is 2.62. The van der Waals surface area contributed by atoms with Gasteiger partial charge in [0.15, 0.2) is 0 Å². The number of unbranched alkanes of at least 4 members (excludes halogenated alkanes) is 1. The maximum Gasteiger partial charge on any atom is 0.253 e. The van der Waals surface area contributed by atoms with E-state index in [1.807, 2.05) is 0 Å². The number of carbonyl (C=O) groups excluding carboxylic acids is 1. The summed E-state index contributed by atoms with van der Waals surface area (Å²) in [6.07, 6.45) is 1.45. The predicted molar refractivity (Wildman–Crippen MR) is 67.2 cm³/mol. The van der Waals surface area contributed by atoms with Gasteiger partial charge in [0.1, 0.15) is 0 Å². The van der Waals surface area contributed by atoms with Gasteiger partial charge in [0.05, 0.1) is 5.56 Å². The van der Waals surface area contributed by atoms with Crippen molar-refractivity contribution in [1.29, 1.82) is 0 Å². The molecule has 0 aliphatic heterocycles. The average molecular weight is 287 g/mol. The standard InChI is InChI=1S/C11H15BrN2O2/c12-8-3-4-10(13)9(7-8)11(16)14-5-1-2-6-15/h3-4,7,15H,1-2,5-6,13H2,(H,14,16). The Morgan fingerprint density at radius 1 is 1.44 bits per heavy atom. The summed E-state index contributed by atoms with van der Waals surface area (Å²) in [6, 6.07) is 5.17. The first-order chi connectivity index (χ1) is 7.65. The Bertz CT molecular complexity index is 369. The van der Waals surface area contributed by atoms with Crippen LogP contribution in [0.1, 0.15) is 23.2 Å². The number of halogens is 1. The lowest BCUT2D eigenvalue weighted by atomic mass is 10.1. The molecular weight excluding hydrogens is 272 g/mol. The van der Waals surface area contributed by atoms with Crippen molar-refractivity contribution in [1.82, 2.24) is 5.32 Å². The number of amides is 1. The van der Waals surface area contributed by atoms with Gasteiger partial charge in [-0.05, 0) is 31.0 Å². The third-order valence-electron chi connectivity index (χ3n) is 2.13. The molecule has 0 unspecified atom stereocenters. The van der Waals surface area contributed by atoms with E-state index in [1.54, 1.807) is 18.2 Å². The second-order valence-corrected chi connectivity index (χ2v) is 4.33. The lowest BCUT2D eigenvalue weighted by Gasteiger charge is -2.07. The Kier molecular flexibility index (Phi) is 5.28. The number of nitrogens with one attached hydrogen (secondary N) is 1. The van der Waals surface area contributed by atoms with Crippen molar-refractivity contribution < 1.29 is 9.90 Å². The fourth-order valence-corrected chi connectivity index (χ4v) is 1.62. The highest BCUT2D eigenvalue weighted by Gasteiger charge is 2.09. The third kappa shape index (κ3) is 3.83. The van der Waals surface area contributed by atoms with Crippen LogP contribution in [0.25, 0.3) is 0 Å². The largest absolute Gasteiger partial charge is 0.398 e. The van der Waals surface area contributed by atoms with Gasteiger partial charge in [0, 0.05) is 23.3 Å². The number of aliphatic hydroxyl groups is 1. The Balaban J connectivity index is 2.55. The molecule has 0 aliphatic carbocycles. The number of carbonyl (C=O) groups is 1. The molecule has 4 N–H and O–H groups in total. The maximum absolute atomic E-state index is 11.7. The molecule has 5 heteroatoms. The smallest absolute Gasteiger partial charge is 0.253 e. The molecule has 4 nitrogen and oxygen atoms in total. The van der Waals surface area contributed by atoms with E-state index in [0.29, 0.717) is 24.2 Å². The van der Waals surface area contributed by atoms with Gasteiger partial charge in [-0.25, -0.2) is 0 Å². The van der Waals surface area contributed by atoms with Crippen molar-refractivity contribution in [3.8, 4) is 0 Å². The van der Waals surface area contributed by atoms with Crippen LogP contribution in [-0.2, 0) is 0 Å². The highest BCUT2D eigenvalue weighted by molar-refractivity contribution is 9.10. The van der Waals surface area contributed by atoms with Crippen molar-refractivity contribution in [2.24, 2.45) is 0 Å². The van der Waals surface area contributed by atoms with Crippen LogP contribution in [0.5, 0.6) is 0 Å². The summed E-state index contributed by atoms with van der Waals surface area (Å²) in [7, 11) is 0. The molecule has 0 radical (unpaired) electrons. The van der Waals surface area contributed by atoms with Gasteiger partial charge in [-0.1, -0.05) is 15.9 Å². The molecule has 0 spiro atoms. The van der Waals surface area contributed by atoms with E-state index < -0.39 is 0 Å². The maximum atomic E-state index is 11.7. The lowest BCUT2D eigenvalue weighted by molar-refractivity contribution is 0.0953. The van der Waals surface area contributed by atoms with Gasteiger partial charge in [-0.15, -0.1) is 0 Å². The van der Waals surface area contributed by atoms with E-state index in [4.69, 9.17) is 10.8 Å². The van der Waals surface area contributed by atoms with Crippen molar-refractivity contribution in [3.63, 3.8) is 0 Å². The molecule has 0 aliphatic rings. The normalized spacial score (nSPS) is 10.1. The first-order valence-electron chi connectivity index (χ1n) is 5.09. The molecule has 1 aromatic rings. The fourth-order valence-electron chi connectivity index (χ4n) is 1.26. The zero-order chi connectivity index (χ0) is 12.0. The molecule has 1 aromatic carbocycles. The van der Waals surface area contributed by atoms with Gasteiger partial charge in [-0.3, -0.25) is 4.79 Å². The molecule has 1 rings (SSSR count). The number of nitrogens with two attached hydrogens (primary N) is 1. The number of hydrogen-bond acceptors (Lipinski definition) is 3. The highest BCUT2D eigenvalue weighted by Crippen LogP contribution is 2.18. The summed E-state index contributed by atoms with van der Waals surface area (Å²) in [4.78, 5) is 11.7. The van der Waals surface area contributed by atoms with Crippen LogP contribution in [0.3, 0.4) is 0 Å². The quantitative estimate of drug-likeness (QED) is 0.568. The Morgan fingerprint density at radius 3 is 2.88 bits per heavy atom. The summed E-state index contributed by atoms with van der Waals surface area (Å²) >= 11 is 3.29. The van der Waals surface area contributed by atoms with E-state index in [1.165, 1.54) is 0 Å². The summed E-state index contributed by atoms with van der Waals surface area (Å²) in [5.41, 5.74) is 6.63. The van der Waals surface area contributed by atoms with E-state index in [0.717, 1.165) is 10.9 Å². The van der Waals surface area contributed by atoms with Crippen molar-refractivity contribution in [2.45, 2.75) is 12.8 Å². The summed E-state index contributed by atoms with van der Waals surface area (Å²) in [6.45, 7) is 0.695. The summed E-state index contributed by atoms with van der Waals surface area (Å²) < 4.78 is 0.821. The van der Waals surface area contributed by atoms with Gasteiger partial charge < -0.3 is 16.2 Å². The first kappa shape index (κ1) is 13.0. The highest BCUT2D eigenvalue weighted by atomic mass is 79.9. The monoisotopic (exact) mass is 286 g/mol. The summed E-state index contributed by atoms with van der Waals surface area (Å²) in [5.74, 6) is -0.184. The molecule has 0 saturated carbocycles. The minimum absolute atomic E-state index is 0.148. The topological polar surface area (TPSA) is 75.4 Å². The molecule has 1 amide bonds. The summed E-state index contributed by atoms with van der Waals surface area (Å²) in [5, 5.41) is 11.3. The van der Waals surface area contributed by atoms with Gasteiger partial charge >= 0.3 is 0 Å². The van der Waals surface area contributed by atoms with Crippen LogP contribution in [0.15, 0.2) is 22.7 Å². The lowest BCUT2D eigenvalue weighted by Crippen LogP contribution is -2.25. The number of anilines is 1. The first-order valence-corrected chi connectivity index (χ1v) is 5.88. The van der Waals surface area contributed by atoms with Gasteiger partial charge in [0.25, 0.3) is 5.91 Å². The van der Waals surface area contributed by atoms with Gasteiger partial charge in [-0.2, -0.15) is 0 Å². The fraction of sp³-hybridized carbons (Fsp3) is 0.364. The zero-order valence-electron chi connectivity index (χ0n) is 8.87. The molecular formula is C11H15BrN2O2. The number of benzene rings is 1. The average Bonchev–Trinajstić information content (AvgIpc) is 2.27. The van der Waals surface area contributed by atoms with E-state index in [-0.39, 0.29) is 12.5 Å². The molecule has 0 saturated heterocycles. The van der Waals surface area contributed by atoms with Gasteiger partial charge in [0.2, 0.25) is 0 Å². The number of aliphatic hydroxyl groups excluding tert-OH is 1. The zero-order valence-corrected chi connectivity index (χ0v) is 10.5. The van der Waals surface area contributed by atoms with E-state index in [2.05, 4.69) is 21.2 Å². The number of rotatable bonds is 5. The minimum Gasteiger partial charge on any atom is -0.398 e. The van der Waals surface area contributed by atoms with Crippen molar-refractivity contribution in [2.75, 3.05) is 18.9 Å². The van der Waals surface area contributed by atoms with E-state index >= 15 is 0 Å². The molecule has 0 bridgehead atoms. The second-order valence-electron chi connectivity index (χ2n) is 3.42. The van der Waals surface area contributed by atoms with Crippen LogP contribution < -0.4 is 11.1 Å². The van der Waals surface area contributed by atoms with Crippen LogP contribution in [0.4, 0.5) is 5.69 Å². The van der Waals surface area contributed by atoms with Crippen molar-refractivity contribution >= 4 is 27.5 Å². The van der Waals surface area contributed by atoms with Crippen LogP contribution in [-0.4, -0.2) is 24.2 Å². The van der Waals surface area contributed by atoms with E-state index in [9.17, 15) is 4.79 Å². The Labute approximate surface area is 103 Å². The SMILES string of the molecule is Nc1ccc(Br)cc1C(=O)NCCCCO. The van der Waals surface area contributed by atoms with Crippen molar-refractivity contribution in [3.05, 3.63) is 28.2 Å².